The minimum atomic E-state index is -0.631. The van der Waals surface area contributed by atoms with Crippen LogP contribution in [0.5, 0.6) is 5.75 Å². The van der Waals surface area contributed by atoms with Gasteiger partial charge in [-0.25, -0.2) is 0 Å². The molecule has 1 atom stereocenters. The summed E-state index contributed by atoms with van der Waals surface area (Å²) in [6.45, 7) is 0. The Morgan fingerprint density at radius 3 is 2.72 bits per heavy atom. The van der Waals surface area contributed by atoms with Crippen molar-refractivity contribution in [1.82, 2.24) is 5.32 Å². The number of rotatable bonds is 4. The van der Waals surface area contributed by atoms with Crippen molar-refractivity contribution in [2.45, 2.75) is 31.4 Å². The maximum absolute atomic E-state index is 12.6. The van der Waals surface area contributed by atoms with Crippen LogP contribution in [-0.4, -0.2) is 24.0 Å². The van der Waals surface area contributed by atoms with Crippen LogP contribution in [0.3, 0.4) is 0 Å². The fourth-order valence-electron chi connectivity index (χ4n) is 2.86. The van der Waals surface area contributed by atoms with Crippen LogP contribution < -0.4 is 15.4 Å². The largest absolute Gasteiger partial charge is 0.480 e. The van der Waals surface area contributed by atoms with E-state index in [1.807, 2.05) is 0 Å². The molecule has 0 spiro atoms. The number of ether oxygens (including phenoxy) is 1. The first-order valence-corrected chi connectivity index (χ1v) is 8.64. The van der Waals surface area contributed by atoms with Gasteiger partial charge in [0.25, 0.3) is 11.8 Å². The van der Waals surface area contributed by atoms with Crippen molar-refractivity contribution < 1.29 is 14.3 Å². The zero-order valence-electron chi connectivity index (χ0n) is 13.4. The number of anilines is 1. The normalized spacial score (nSPS) is 18.2. The summed E-state index contributed by atoms with van der Waals surface area (Å²) in [6.07, 6.45) is 1.85. The highest BCUT2D eigenvalue weighted by molar-refractivity contribution is 6.30. The molecule has 0 bridgehead atoms. The maximum Gasteiger partial charge on any atom is 0.265 e. The summed E-state index contributed by atoms with van der Waals surface area (Å²) in [6, 6.07) is 12.6. The number of fused-ring (bicyclic) bond motifs is 1. The first-order chi connectivity index (χ1) is 12.1. The third-order valence-electron chi connectivity index (χ3n) is 4.33. The number of hydrogen-bond acceptors (Lipinski definition) is 3. The Kier molecular flexibility index (Phi) is 4.09. The molecular weight excluding hydrogens is 340 g/mol. The smallest absolute Gasteiger partial charge is 0.265 e. The molecular formula is C19H17ClN2O3. The van der Waals surface area contributed by atoms with Gasteiger partial charge in [-0.05, 0) is 48.7 Å². The van der Waals surface area contributed by atoms with Crippen LogP contribution in [0.4, 0.5) is 5.69 Å². The van der Waals surface area contributed by atoms with Gasteiger partial charge in [0.15, 0.2) is 6.10 Å². The summed E-state index contributed by atoms with van der Waals surface area (Å²) < 4.78 is 5.70. The molecule has 1 unspecified atom stereocenters. The fraction of sp³-hybridized carbons (Fsp3) is 0.263. The topological polar surface area (TPSA) is 67.4 Å². The second kappa shape index (κ2) is 6.41. The average molecular weight is 357 g/mol. The van der Waals surface area contributed by atoms with Gasteiger partial charge in [-0.3, -0.25) is 9.59 Å². The van der Waals surface area contributed by atoms with Crippen molar-refractivity contribution in [3.63, 3.8) is 0 Å². The summed E-state index contributed by atoms with van der Waals surface area (Å²) >= 11 is 5.98. The molecule has 2 amide bonds. The van der Waals surface area contributed by atoms with E-state index in [9.17, 15) is 9.59 Å². The lowest BCUT2D eigenvalue weighted by Crippen LogP contribution is -2.33. The van der Waals surface area contributed by atoms with Gasteiger partial charge in [0.05, 0.1) is 11.3 Å². The van der Waals surface area contributed by atoms with Crippen LogP contribution in [0.2, 0.25) is 5.02 Å². The molecule has 25 heavy (non-hydrogen) atoms. The van der Waals surface area contributed by atoms with Crippen molar-refractivity contribution in [2.24, 2.45) is 0 Å². The lowest BCUT2D eigenvalue weighted by Gasteiger charge is -2.14. The van der Waals surface area contributed by atoms with Crippen molar-refractivity contribution in [3.05, 3.63) is 58.6 Å². The highest BCUT2D eigenvalue weighted by Gasteiger charge is 2.30. The summed E-state index contributed by atoms with van der Waals surface area (Å²) in [5.74, 6) is 0.226. The molecule has 1 aliphatic heterocycles. The average Bonchev–Trinajstić information content (AvgIpc) is 3.31. The Morgan fingerprint density at radius 2 is 1.92 bits per heavy atom. The van der Waals surface area contributed by atoms with E-state index in [2.05, 4.69) is 10.6 Å². The number of amides is 2. The molecule has 1 aliphatic carbocycles. The number of carbonyl (C=O) groups is 2. The number of carbonyl (C=O) groups excluding carboxylic acids is 2. The van der Waals surface area contributed by atoms with Gasteiger partial charge in [0.2, 0.25) is 0 Å². The molecule has 5 nitrogen and oxygen atoms in total. The van der Waals surface area contributed by atoms with Crippen LogP contribution in [0.25, 0.3) is 0 Å². The van der Waals surface area contributed by atoms with E-state index in [0.717, 1.165) is 18.4 Å². The number of hydrogen-bond donors (Lipinski definition) is 2. The predicted molar refractivity (Wildman–Crippen MR) is 95.1 cm³/mol. The second-order valence-electron chi connectivity index (χ2n) is 6.35. The zero-order chi connectivity index (χ0) is 17.4. The highest BCUT2D eigenvalue weighted by atomic mass is 35.5. The van der Waals surface area contributed by atoms with E-state index < -0.39 is 6.10 Å². The van der Waals surface area contributed by atoms with Crippen LogP contribution >= 0.6 is 11.6 Å². The highest BCUT2D eigenvalue weighted by Crippen LogP contribution is 2.31. The molecule has 2 aliphatic rings. The summed E-state index contributed by atoms with van der Waals surface area (Å²) in [4.78, 5) is 24.9. The first kappa shape index (κ1) is 16.0. The van der Waals surface area contributed by atoms with Crippen LogP contribution in [0.1, 0.15) is 28.8 Å². The predicted octanol–water partition coefficient (Wildman–Crippen LogP) is 3.17. The van der Waals surface area contributed by atoms with Gasteiger partial charge in [-0.15, -0.1) is 0 Å². The number of halogens is 1. The van der Waals surface area contributed by atoms with E-state index in [-0.39, 0.29) is 17.9 Å². The molecule has 1 fully saturated rings. The molecule has 2 N–H and O–H groups in total. The van der Waals surface area contributed by atoms with Gasteiger partial charge in [-0.1, -0.05) is 23.7 Å². The lowest BCUT2D eigenvalue weighted by atomic mass is 10.1. The number of nitrogens with one attached hydrogen (secondary N) is 2. The standard InChI is InChI=1S/C19H17ClN2O3/c20-12-5-8-16-11(9-12)10-17(25-16)19(24)22-15-4-2-1-3-14(15)18(23)21-13-6-7-13/h1-5,8-9,13,17H,6-7,10H2,(H,21,23)(H,22,24). The summed E-state index contributed by atoms with van der Waals surface area (Å²) in [5, 5.41) is 6.37. The van der Waals surface area contributed by atoms with Gasteiger partial charge in [0.1, 0.15) is 5.75 Å². The van der Waals surface area contributed by atoms with Gasteiger partial charge in [-0.2, -0.15) is 0 Å². The molecule has 2 aromatic carbocycles. The van der Waals surface area contributed by atoms with Gasteiger partial charge >= 0.3 is 0 Å². The van der Waals surface area contributed by atoms with E-state index >= 15 is 0 Å². The van der Waals surface area contributed by atoms with Crippen molar-refractivity contribution in [1.29, 1.82) is 0 Å². The first-order valence-electron chi connectivity index (χ1n) is 8.26. The fourth-order valence-corrected chi connectivity index (χ4v) is 3.05. The molecule has 0 radical (unpaired) electrons. The molecule has 4 rings (SSSR count). The second-order valence-corrected chi connectivity index (χ2v) is 6.78. The molecule has 1 heterocycles. The minimum Gasteiger partial charge on any atom is -0.480 e. The number of benzene rings is 2. The molecule has 0 saturated heterocycles. The third kappa shape index (κ3) is 3.46. The SMILES string of the molecule is O=C(NC1CC1)c1ccccc1NC(=O)C1Cc2cc(Cl)ccc2O1. The third-order valence-corrected chi connectivity index (χ3v) is 4.57. The Morgan fingerprint density at radius 1 is 1.12 bits per heavy atom. The maximum atomic E-state index is 12.6. The Balaban J connectivity index is 1.47. The Bertz CT molecular complexity index is 848. The van der Waals surface area contributed by atoms with E-state index in [0.29, 0.717) is 28.4 Å². The summed E-state index contributed by atoms with van der Waals surface area (Å²) in [7, 11) is 0. The van der Waals surface area contributed by atoms with E-state index in [4.69, 9.17) is 16.3 Å². The molecule has 128 valence electrons. The molecule has 2 aromatic rings. The van der Waals surface area contributed by atoms with Crippen LogP contribution in [0, 0.1) is 0 Å². The van der Waals surface area contributed by atoms with Crippen molar-refractivity contribution >= 4 is 29.1 Å². The van der Waals surface area contributed by atoms with Gasteiger partial charge < -0.3 is 15.4 Å². The van der Waals surface area contributed by atoms with Gasteiger partial charge in [0, 0.05) is 17.5 Å². The van der Waals surface area contributed by atoms with Crippen molar-refractivity contribution in [3.8, 4) is 5.75 Å². The summed E-state index contributed by atoms with van der Waals surface area (Å²) in [5.41, 5.74) is 1.86. The van der Waals surface area contributed by atoms with Crippen molar-refractivity contribution in [2.75, 3.05) is 5.32 Å². The quantitative estimate of drug-likeness (QED) is 0.884. The zero-order valence-corrected chi connectivity index (χ0v) is 14.2. The minimum absolute atomic E-state index is 0.166. The lowest BCUT2D eigenvalue weighted by molar-refractivity contribution is -0.122. The van der Waals surface area contributed by atoms with E-state index in [1.54, 1.807) is 42.5 Å². The Labute approximate surface area is 150 Å². The van der Waals surface area contributed by atoms with Crippen LogP contribution in [-0.2, 0) is 11.2 Å². The number of para-hydroxylation sites is 1. The molecule has 1 saturated carbocycles. The van der Waals surface area contributed by atoms with Crippen LogP contribution in [0.15, 0.2) is 42.5 Å². The monoisotopic (exact) mass is 356 g/mol. The molecule has 6 heteroatoms. The molecule has 0 aromatic heterocycles. The Hall–Kier alpha value is -2.53. The van der Waals surface area contributed by atoms with E-state index in [1.165, 1.54) is 0 Å².